The zero-order valence-electron chi connectivity index (χ0n) is 12.6. The fourth-order valence-corrected chi connectivity index (χ4v) is 2.29. The molecule has 0 aliphatic heterocycles. The Morgan fingerprint density at radius 3 is 2.75 bits per heavy atom. The smallest absolute Gasteiger partial charge is 0.261 e. The normalized spacial score (nSPS) is 12.0. The van der Waals surface area contributed by atoms with E-state index in [0.29, 0.717) is 5.03 Å². The number of fused-ring (bicyclic) bond motifs is 1. The van der Waals surface area contributed by atoms with Crippen LogP contribution in [0.15, 0.2) is 64.7 Å². The molecule has 1 amide bonds. The second-order valence-electron chi connectivity index (χ2n) is 4.97. The van der Waals surface area contributed by atoms with Crippen molar-refractivity contribution < 1.29 is 4.79 Å². The van der Waals surface area contributed by atoms with Gasteiger partial charge >= 0.3 is 0 Å². The van der Waals surface area contributed by atoms with Crippen LogP contribution in [0.5, 0.6) is 0 Å². The topological polar surface area (TPSA) is 72.2 Å². The summed E-state index contributed by atoms with van der Waals surface area (Å²) in [7, 11) is 0. The van der Waals surface area contributed by atoms with Crippen molar-refractivity contribution in [2.45, 2.75) is 6.54 Å². The predicted octanol–water partition coefficient (Wildman–Crippen LogP) is 2.81. The van der Waals surface area contributed by atoms with Gasteiger partial charge in [0.25, 0.3) is 5.91 Å². The van der Waals surface area contributed by atoms with Crippen molar-refractivity contribution in [2.24, 2.45) is 5.10 Å². The predicted molar refractivity (Wildman–Crippen MR) is 94.4 cm³/mol. The van der Waals surface area contributed by atoms with E-state index in [-0.39, 0.29) is 12.5 Å². The molecule has 0 spiro atoms. The summed E-state index contributed by atoms with van der Waals surface area (Å²) in [5.41, 5.74) is 4.90. The molecule has 0 fully saturated rings. The van der Waals surface area contributed by atoms with Gasteiger partial charge in [0.15, 0.2) is 0 Å². The van der Waals surface area contributed by atoms with Crippen molar-refractivity contribution in [1.82, 2.24) is 20.4 Å². The van der Waals surface area contributed by atoms with Gasteiger partial charge in [0, 0.05) is 0 Å². The molecule has 7 heteroatoms. The summed E-state index contributed by atoms with van der Waals surface area (Å²) < 4.78 is 1.52. The van der Waals surface area contributed by atoms with Crippen molar-refractivity contribution in [3.8, 4) is 0 Å². The van der Waals surface area contributed by atoms with Crippen molar-refractivity contribution >= 4 is 40.8 Å². The van der Waals surface area contributed by atoms with Gasteiger partial charge in [0.1, 0.15) is 12.1 Å². The fourth-order valence-electron chi connectivity index (χ4n) is 2.12. The Morgan fingerprint density at radius 2 is 1.92 bits per heavy atom. The van der Waals surface area contributed by atoms with Crippen LogP contribution in [0.3, 0.4) is 0 Å². The van der Waals surface area contributed by atoms with E-state index in [4.69, 9.17) is 11.6 Å². The third kappa shape index (κ3) is 4.05. The summed E-state index contributed by atoms with van der Waals surface area (Å²) in [5, 5.41) is 12.2. The number of carbonyl (C=O) groups excluding carboxylic acids is 1. The van der Waals surface area contributed by atoms with Crippen LogP contribution in [-0.2, 0) is 11.3 Å². The highest BCUT2D eigenvalue weighted by Crippen LogP contribution is 2.09. The molecular formula is C17H14ClN5O. The first-order valence-corrected chi connectivity index (χ1v) is 7.62. The second kappa shape index (κ2) is 7.52. The third-order valence-electron chi connectivity index (χ3n) is 3.19. The van der Waals surface area contributed by atoms with Gasteiger partial charge in [-0.2, -0.15) is 5.10 Å². The van der Waals surface area contributed by atoms with E-state index >= 15 is 0 Å². The number of benzene rings is 2. The summed E-state index contributed by atoms with van der Waals surface area (Å²) in [6.45, 7) is 0.0257. The number of allylic oxidation sites excluding steroid dienone is 1. The maximum absolute atomic E-state index is 11.9. The summed E-state index contributed by atoms with van der Waals surface area (Å²) in [6.07, 6.45) is 3.13. The van der Waals surface area contributed by atoms with Gasteiger partial charge in [0.2, 0.25) is 0 Å². The van der Waals surface area contributed by atoms with E-state index in [9.17, 15) is 4.79 Å². The Morgan fingerprint density at radius 1 is 1.17 bits per heavy atom. The number of rotatable bonds is 5. The van der Waals surface area contributed by atoms with E-state index in [1.54, 1.807) is 6.08 Å². The number of para-hydroxylation sites is 1. The molecule has 0 atom stereocenters. The van der Waals surface area contributed by atoms with Gasteiger partial charge in [-0.25, -0.2) is 10.1 Å². The van der Waals surface area contributed by atoms with Crippen LogP contribution < -0.4 is 5.43 Å². The average molecular weight is 340 g/mol. The molecule has 0 radical (unpaired) electrons. The lowest BCUT2D eigenvalue weighted by atomic mass is 10.2. The maximum atomic E-state index is 11.9. The summed E-state index contributed by atoms with van der Waals surface area (Å²) in [6, 6.07) is 17.0. The average Bonchev–Trinajstić information content (AvgIpc) is 2.99. The van der Waals surface area contributed by atoms with Gasteiger partial charge in [-0.05, 0) is 23.8 Å². The molecule has 0 saturated carbocycles. The minimum absolute atomic E-state index is 0.0257. The Kier molecular flexibility index (Phi) is 4.98. The molecule has 0 saturated heterocycles. The van der Waals surface area contributed by atoms with E-state index in [1.807, 2.05) is 54.6 Å². The number of amides is 1. The highest BCUT2D eigenvalue weighted by Gasteiger charge is 2.07. The third-order valence-corrected chi connectivity index (χ3v) is 3.40. The molecule has 0 unspecified atom stereocenters. The zero-order valence-corrected chi connectivity index (χ0v) is 13.4. The number of nitrogens with zero attached hydrogens (tertiary/aromatic N) is 4. The van der Waals surface area contributed by atoms with Gasteiger partial charge in [-0.15, -0.1) is 5.10 Å². The highest BCUT2D eigenvalue weighted by molar-refractivity contribution is 6.41. The molecule has 0 aliphatic carbocycles. The van der Waals surface area contributed by atoms with Crippen molar-refractivity contribution in [2.75, 3.05) is 0 Å². The van der Waals surface area contributed by atoms with Crippen LogP contribution in [0.25, 0.3) is 17.1 Å². The molecule has 1 heterocycles. The first-order valence-electron chi connectivity index (χ1n) is 7.25. The van der Waals surface area contributed by atoms with Crippen molar-refractivity contribution in [3.05, 3.63) is 65.2 Å². The lowest BCUT2D eigenvalue weighted by molar-refractivity contribution is -0.121. The number of halogens is 1. The molecule has 3 aromatic rings. The minimum atomic E-state index is -0.314. The maximum Gasteiger partial charge on any atom is 0.261 e. The first-order chi connectivity index (χ1) is 11.7. The molecule has 6 nitrogen and oxygen atoms in total. The Hall–Kier alpha value is -2.99. The monoisotopic (exact) mass is 339 g/mol. The highest BCUT2D eigenvalue weighted by atomic mass is 35.5. The molecule has 24 heavy (non-hydrogen) atoms. The number of aromatic nitrogens is 3. The van der Waals surface area contributed by atoms with Gasteiger partial charge in [-0.1, -0.05) is 59.3 Å². The largest absolute Gasteiger partial charge is 0.271 e. The van der Waals surface area contributed by atoms with Crippen LogP contribution in [0.4, 0.5) is 0 Å². The first kappa shape index (κ1) is 15.9. The number of hydrogen-bond donors (Lipinski definition) is 1. The Balaban J connectivity index is 1.58. The van der Waals surface area contributed by atoms with E-state index in [2.05, 4.69) is 20.8 Å². The Bertz CT molecular complexity index is 901. The lowest BCUT2D eigenvalue weighted by Gasteiger charge is -2.00. The second-order valence-corrected chi connectivity index (χ2v) is 5.41. The standard InChI is InChI=1S/C17H14ClN5O/c18-14(10-13-6-2-1-3-7-13)11-19-21-17(24)12-23-16-9-5-4-8-15(16)20-22-23/h1-11H,12H2,(H,21,24)/b14-10-,19-11-. The van der Waals surface area contributed by atoms with Crippen LogP contribution in [0.2, 0.25) is 0 Å². The molecule has 2 aromatic carbocycles. The van der Waals surface area contributed by atoms with Crippen LogP contribution >= 0.6 is 11.6 Å². The van der Waals surface area contributed by atoms with Gasteiger partial charge in [-0.3, -0.25) is 4.79 Å². The molecule has 120 valence electrons. The van der Waals surface area contributed by atoms with Gasteiger partial charge in [0.05, 0.1) is 16.8 Å². The van der Waals surface area contributed by atoms with E-state index in [1.165, 1.54) is 10.9 Å². The van der Waals surface area contributed by atoms with Crippen LogP contribution in [-0.4, -0.2) is 27.1 Å². The number of hydrazone groups is 1. The van der Waals surface area contributed by atoms with Crippen LogP contribution in [0, 0.1) is 0 Å². The lowest BCUT2D eigenvalue weighted by Crippen LogP contribution is -2.23. The summed E-state index contributed by atoms with van der Waals surface area (Å²) in [5.74, 6) is -0.314. The number of carbonyl (C=O) groups is 1. The van der Waals surface area contributed by atoms with Crippen molar-refractivity contribution in [3.63, 3.8) is 0 Å². The molecule has 1 N–H and O–H groups in total. The van der Waals surface area contributed by atoms with Crippen molar-refractivity contribution in [1.29, 1.82) is 0 Å². The molecule has 3 rings (SSSR count). The fraction of sp³-hybridized carbons (Fsp3) is 0.0588. The zero-order chi connectivity index (χ0) is 16.8. The summed E-state index contributed by atoms with van der Waals surface area (Å²) in [4.78, 5) is 11.9. The molecule has 0 bridgehead atoms. The van der Waals surface area contributed by atoms with Crippen LogP contribution in [0.1, 0.15) is 5.56 Å². The SMILES string of the molecule is O=C(Cn1nnc2ccccc21)N/N=C\C(Cl)=C\c1ccccc1. The van der Waals surface area contributed by atoms with Gasteiger partial charge < -0.3 is 0 Å². The quantitative estimate of drug-likeness (QED) is 0.574. The van der Waals surface area contributed by atoms with E-state index < -0.39 is 0 Å². The number of hydrogen-bond acceptors (Lipinski definition) is 4. The minimum Gasteiger partial charge on any atom is -0.271 e. The Labute approximate surface area is 143 Å². The molecule has 1 aromatic heterocycles. The number of nitrogens with one attached hydrogen (secondary N) is 1. The summed E-state index contributed by atoms with van der Waals surface area (Å²) >= 11 is 6.05. The molecular weight excluding hydrogens is 326 g/mol. The van der Waals surface area contributed by atoms with E-state index in [0.717, 1.165) is 16.6 Å². The molecule has 0 aliphatic rings.